The van der Waals surface area contributed by atoms with Gasteiger partial charge in [0.2, 0.25) is 11.7 Å². The maximum absolute atomic E-state index is 13.8. The van der Waals surface area contributed by atoms with Crippen molar-refractivity contribution in [2.75, 3.05) is 5.75 Å². The largest absolute Gasteiger partial charge is 0.434 e. The number of fused-ring (bicyclic) bond motifs is 1. The Balaban J connectivity index is 1.35. The number of rotatable bonds is 11. The van der Waals surface area contributed by atoms with Crippen molar-refractivity contribution in [2.24, 2.45) is 5.41 Å². The first-order valence-corrected chi connectivity index (χ1v) is 15.2. The molecular weight excluding hydrogens is 478 g/mol. The van der Waals surface area contributed by atoms with Gasteiger partial charge in [0.15, 0.2) is 15.4 Å². The van der Waals surface area contributed by atoms with Gasteiger partial charge in [-0.2, -0.15) is 0 Å². The molecule has 0 aliphatic heterocycles. The second kappa shape index (κ2) is 10.2. The van der Waals surface area contributed by atoms with Crippen LogP contribution in [0, 0.1) is 5.41 Å². The molecule has 1 aromatic heterocycles. The van der Waals surface area contributed by atoms with Crippen molar-refractivity contribution in [1.82, 2.24) is 15.6 Å². The van der Waals surface area contributed by atoms with Crippen LogP contribution in [0.3, 0.4) is 0 Å². The molecule has 2 N–H and O–H groups in total. The Hall–Kier alpha value is -2.26. The van der Waals surface area contributed by atoms with Crippen molar-refractivity contribution in [2.45, 2.75) is 101 Å². The summed E-state index contributed by atoms with van der Waals surface area (Å²) < 4.78 is 32.0. The summed E-state index contributed by atoms with van der Waals surface area (Å²) in [5.74, 6) is -0.909. The predicted molar refractivity (Wildman–Crippen MR) is 137 cm³/mol. The minimum atomic E-state index is -3.39. The van der Waals surface area contributed by atoms with E-state index in [2.05, 4.69) is 15.6 Å². The number of ketones is 1. The van der Waals surface area contributed by atoms with E-state index in [1.807, 2.05) is 19.1 Å². The number of carbonyl (C=O) groups excluding carboxylic acids is 2. The molecule has 0 saturated heterocycles. The summed E-state index contributed by atoms with van der Waals surface area (Å²) in [6, 6.07) is 6.48. The highest BCUT2D eigenvalue weighted by Gasteiger charge is 2.63. The van der Waals surface area contributed by atoms with E-state index in [1.165, 1.54) is 6.42 Å². The van der Waals surface area contributed by atoms with E-state index in [4.69, 9.17) is 4.42 Å². The Morgan fingerprint density at radius 2 is 1.86 bits per heavy atom. The average Bonchev–Trinajstić information content (AvgIpc) is 3.31. The van der Waals surface area contributed by atoms with Crippen LogP contribution in [0.15, 0.2) is 28.7 Å². The van der Waals surface area contributed by atoms with Gasteiger partial charge in [-0.25, -0.2) is 13.4 Å². The molecule has 2 aromatic rings. The van der Waals surface area contributed by atoms with Gasteiger partial charge in [0.25, 0.3) is 5.89 Å². The molecule has 1 aromatic carbocycles. The number of para-hydroxylation sites is 2. The van der Waals surface area contributed by atoms with Crippen molar-refractivity contribution in [3.8, 4) is 0 Å². The summed E-state index contributed by atoms with van der Waals surface area (Å²) >= 11 is 0. The summed E-state index contributed by atoms with van der Waals surface area (Å²) in [6.45, 7) is 1.94. The normalized spacial score (nSPS) is 25.9. The number of hydrogen-bond donors (Lipinski definition) is 2. The van der Waals surface area contributed by atoms with Gasteiger partial charge in [0.05, 0.1) is 22.5 Å². The van der Waals surface area contributed by atoms with Crippen LogP contribution in [0.1, 0.15) is 88.2 Å². The number of benzene rings is 1. The van der Waals surface area contributed by atoms with Gasteiger partial charge in [-0.3, -0.25) is 9.59 Å². The molecule has 0 bridgehead atoms. The monoisotopic (exact) mass is 515 g/mol. The molecule has 3 saturated carbocycles. The first-order chi connectivity index (χ1) is 17.3. The molecule has 36 heavy (non-hydrogen) atoms. The number of oxazole rings is 1. The topological polar surface area (TPSA) is 118 Å². The van der Waals surface area contributed by atoms with Gasteiger partial charge in [0.1, 0.15) is 5.52 Å². The zero-order valence-corrected chi connectivity index (χ0v) is 21.8. The SMILES string of the molecule is CCCC(NC(=O)C1(CS(=O)(=O)C2CCC2)CC1NC1CCCCC1)C(=O)c1nc2ccccc2o1. The molecular formula is C27H37N3O5S. The summed E-state index contributed by atoms with van der Waals surface area (Å²) in [6.07, 6.45) is 9.50. The van der Waals surface area contributed by atoms with Gasteiger partial charge in [-0.1, -0.05) is 51.2 Å². The molecule has 0 radical (unpaired) electrons. The zero-order chi connectivity index (χ0) is 25.3. The standard InChI is InChI=1S/C27H37N3O5S/c1-2-9-21(24(31)25-29-20-14-6-7-15-22(20)35-25)30-26(32)27(17-36(33,34)19-12-8-13-19)16-23(27)28-18-10-4-3-5-11-18/h6-7,14-15,18-19,21,23,28H,2-5,8-13,16-17H2,1H3,(H,30,32). The van der Waals surface area contributed by atoms with Crippen LogP contribution in [0.5, 0.6) is 0 Å². The third-order valence-corrected chi connectivity index (χ3v) is 10.7. The molecule has 9 heteroatoms. The van der Waals surface area contributed by atoms with E-state index in [0.29, 0.717) is 49.2 Å². The van der Waals surface area contributed by atoms with E-state index < -0.39 is 21.3 Å². The van der Waals surface area contributed by atoms with Crippen molar-refractivity contribution in [3.63, 3.8) is 0 Å². The van der Waals surface area contributed by atoms with Crippen LogP contribution < -0.4 is 10.6 Å². The third kappa shape index (κ3) is 5.09. The van der Waals surface area contributed by atoms with Gasteiger partial charge in [-0.05, 0) is 50.7 Å². The number of aromatic nitrogens is 1. The fourth-order valence-electron chi connectivity index (χ4n) is 5.75. The van der Waals surface area contributed by atoms with Crippen LogP contribution in [0.2, 0.25) is 0 Å². The van der Waals surface area contributed by atoms with E-state index in [0.717, 1.165) is 32.1 Å². The first-order valence-electron chi connectivity index (χ1n) is 13.5. The van der Waals surface area contributed by atoms with Gasteiger partial charge >= 0.3 is 0 Å². The Kier molecular flexibility index (Phi) is 7.23. The highest BCUT2D eigenvalue weighted by Crippen LogP contribution is 2.50. The van der Waals surface area contributed by atoms with E-state index in [1.54, 1.807) is 12.1 Å². The quantitative estimate of drug-likeness (QED) is 0.435. The average molecular weight is 516 g/mol. The molecule has 5 rings (SSSR count). The van der Waals surface area contributed by atoms with Crippen LogP contribution in [0.4, 0.5) is 0 Å². The second-order valence-corrected chi connectivity index (χ2v) is 13.2. The van der Waals surface area contributed by atoms with Crippen molar-refractivity contribution >= 4 is 32.6 Å². The van der Waals surface area contributed by atoms with E-state index in [9.17, 15) is 18.0 Å². The number of nitrogens with one attached hydrogen (secondary N) is 2. The maximum atomic E-state index is 13.8. The van der Waals surface area contributed by atoms with Crippen LogP contribution in [-0.4, -0.2) is 54.2 Å². The van der Waals surface area contributed by atoms with Crippen LogP contribution >= 0.6 is 0 Å². The molecule has 3 aliphatic carbocycles. The Morgan fingerprint density at radius 3 is 2.53 bits per heavy atom. The maximum Gasteiger partial charge on any atom is 0.266 e. The molecule has 196 valence electrons. The number of amides is 1. The summed E-state index contributed by atoms with van der Waals surface area (Å²) in [5, 5.41) is 6.20. The molecule has 1 amide bonds. The predicted octanol–water partition coefficient (Wildman–Crippen LogP) is 3.94. The van der Waals surface area contributed by atoms with E-state index >= 15 is 0 Å². The molecule has 1 heterocycles. The molecule has 3 atom stereocenters. The van der Waals surface area contributed by atoms with Gasteiger partial charge < -0.3 is 15.1 Å². The van der Waals surface area contributed by atoms with Crippen molar-refractivity contribution in [1.29, 1.82) is 0 Å². The lowest BCUT2D eigenvalue weighted by Crippen LogP contribution is -2.50. The Morgan fingerprint density at radius 1 is 1.11 bits per heavy atom. The lowest BCUT2D eigenvalue weighted by molar-refractivity contribution is -0.126. The number of sulfone groups is 1. The van der Waals surface area contributed by atoms with Crippen LogP contribution in [-0.2, 0) is 14.6 Å². The molecule has 3 unspecified atom stereocenters. The van der Waals surface area contributed by atoms with Crippen molar-refractivity contribution in [3.05, 3.63) is 30.2 Å². The Labute approximate surface area is 212 Å². The minimum absolute atomic E-state index is 0.0289. The third-order valence-electron chi connectivity index (χ3n) is 8.29. The number of nitrogens with zero attached hydrogens (tertiary/aromatic N) is 1. The highest BCUT2D eigenvalue weighted by atomic mass is 32.2. The fraction of sp³-hybridized carbons (Fsp3) is 0.667. The lowest BCUT2D eigenvalue weighted by Gasteiger charge is -2.29. The minimum Gasteiger partial charge on any atom is -0.434 e. The summed E-state index contributed by atoms with van der Waals surface area (Å²) in [7, 11) is -3.39. The zero-order valence-electron chi connectivity index (χ0n) is 21.0. The van der Waals surface area contributed by atoms with Gasteiger partial charge in [0, 0.05) is 12.1 Å². The lowest BCUT2D eigenvalue weighted by atomic mass is 9.95. The van der Waals surface area contributed by atoms with Crippen LogP contribution in [0.25, 0.3) is 11.1 Å². The number of carbonyl (C=O) groups is 2. The van der Waals surface area contributed by atoms with E-state index in [-0.39, 0.29) is 34.6 Å². The Bertz CT molecular complexity index is 1180. The number of hydrogen-bond acceptors (Lipinski definition) is 7. The molecule has 8 nitrogen and oxygen atoms in total. The van der Waals surface area contributed by atoms with Crippen molar-refractivity contribution < 1.29 is 22.4 Å². The summed E-state index contributed by atoms with van der Waals surface area (Å²) in [4.78, 5) is 31.4. The van der Waals surface area contributed by atoms with Gasteiger partial charge in [-0.15, -0.1) is 0 Å². The molecule has 3 fully saturated rings. The smallest absolute Gasteiger partial charge is 0.266 e. The second-order valence-electron chi connectivity index (χ2n) is 10.9. The fourth-order valence-corrected chi connectivity index (χ4v) is 8.20. The molecule has 3 aliphatic rings. The first kappa shape index (κ1) is 25.4. The number of Topliss-reactive ketones (excluding diaryl/α,β-unsaturated/α-hetero) is 1. The summed E-state index contributed by atoms with van der Waals surface area (Å²) in [5.41, 5.74) is 0.0771. The molecule has 0 spiro atoms. The highest BCUT2D eigenvalue weighted by molar-refractivity contribution is 7.92.